The van der Waals surface area contributed by atoms with E-state index in [1.165, 1.54) is 69.1 Å². The quantitative estimate of drug-likeness (QED) is 0.434. The van der Waals surface area contributed by atoms with Crippen LogP contribution in [0, 0.1) is 11.8 Å². The molecular weight excluding hydrogens is 344 g/mol. The van der Waals surface area contributed by atoms with Gasteiger partial charge in [0.15, 0.2) is 0 Å². The molecule has 4 aliphatic carbocycles. The van der Waals surface area contributed by atoms with E-state index < -0.39 is 10.0 Å². The first-order chi connectivity index (χ1) is 13.1. The van der Waals surface area contributed by atoms with E-state index in [9.17, 15) is 0 Å². The van der Waals surface area contributed by atoms with Crippen LogP contribution < -0.4 is 0 Å². The van der Waals surface area contributed by atoms with Crippen LogP contribution in [0.4, 0.5) is 0 Å². The summed E-state index contributed by atoms with van der Waals surface area (Å²) in [5.74, 6) is 2.06. The Labute approximate surface area is 168 Å². The fourth-order valence-corrected chi connectivity index (χ4v) is 10.5. The highest BCUT2D eigenvalue weighted by atomic mass is 32.3. The highest BCUT2D eigenvalue weighted by Gasteiger charge is 2.47. The van der Waals surface area contributed by atoms with E-state index in [1.807, 2.05) is 0 Å². The molecule has 0 nitrogen and oxygen atoms in total. The zero-order chi connectivity index (χ0) is 18.7. The Morgan fingerprint density at radius 3 is 2.30 bits per heavy atom. The number of hydrogen-bond donors (Lipinski definition) is 0. The first-order valence-electron chi connectivity index (χ1n) is 11.4. The van der Waals surface area contributed by atoms with Crippen LogP contribution in [0.2, 0.25) is 0 Å². The zero-order valence-corrected chi connectivity index (χ0v) is 18.3. The lowest BCUT2D eigenvalue weighted by Gasteiger charge is -2.57. The molecule has 148 valence electrons. The van der Waals surface area contributed by atoms with Crippen molar-refractivity contribution in [2.24, 2.45) is 11.8 Å². The molecule has 2 fully saturated rings. The molecule has 2 saturated carbocycles. The summed E-state index contributed by atoms with van der Waals surface area (Å²) in [4.78, 5) is 1.54. The first-order valence-corrected chi connectivity index (χ1v) is 13.5. The fourth-order valence-electron chi connectivity index (χ4n) is 6.19. The van der Waals surface area contributed by atoms with Crippen LogP contribution in [0.25, 0.3) is 0 Å². The zero-order valence-electron chi connectivity index (χ0n) is 17.5. The van der Waals surface area contributed by atoms with Crippen LogP contribution >= 0.6 is 10.0 Å². The molecule has 0 aromatic heterocycles. The van der Waals surface area contributed by atoms with Gasteiger partial charge in [-0.05, 0) is 80.9 Å². The minimum Gasteiger partial charge on any atom is -0.198 e. The summed E-state index contributed by atoms with van der Waals surface area (Å²) in [6.07, 6.45) is 34.8. The summed E-state index contributed by atoms with van der Waals surface area (Å²) in [5, 5.41) is 0.858. The molecular formula is C26H38S. The van der Waals surface area contributed by atoms with Gasteiger partial charge in [0.1, 0.15) is 0 Å². The molecule has 0 aromatic carbocycles. The van der Waals surface area contributed by atoms with Crippen molar-refractivity contribution in [3.8, 4) is 0 Å². The van der Waals surface area contributed by atoms with Crippen molar-refractivity contribution in [1.82, 2.24) is 0 Å². The highest BCUT2D eigenvalue weighted by molar-refractivity contribution is 8.38. The number of rotatable bonds is 4. The van der Waals surface area contributed by atoms with E-state index in [0.717, 1.165) is 23.5 Å². The smallest absolute Gasteiger partial charge is 0.0324 e. The molecule has 0 amide bonds. The number of allylic oxidation sites excluding steroid dienone is 5. The Balaban J connectivity index is 1.57. The lowest BCUT2D eigenvalue weighted by atomic mass is 9.73. The van der Waals surface area contributed by atoms with Gasteiger partial charge in [0.05, 0.1) is 0 Å². The maximum atomic E-state index is 3.74. The van der Waals surface area contributed by atoms with Crippen LogP contribution in [-0.2, 0) is 0 Å². The van der Waals surface area contributed by atoms with Gasteiger partial charge in [0, 0.05) is 9.65 Å². The van der Waals surface area contributed by atoms with Crippen molar-refractivity contribution < 1.29 is 0 Å². The molecule has 4 aliphatic rings. The van der Waals surface area contributed by atoms with Gasteiger partial charge in [-0.3, -0.25) is 0 Å². The van der Waals surface area contributed by atoms with Crippen LogP contribution in [0.5, 0.6) is 0 Å². The molecule has 0 radical (unpaired) electrons. The van der Waals surface area contributed by atoms with Crippen molar-refractivity contribution in [3.05, 3.63) is 53.2 Å². The molecule has 0 bridgehead atoms. The predicted octanol–water partition coefficient (Wildman–Crippen LogP) is 7.83. The van der Waals surface area contributed by atoms with E-state index in [-0.39, 0.29) is 4.75 Å². The second-order valence-electron chi connectivity index (χ2n) is 9.57. The summed E-state index contributed by atoms with van der Waals surface area (Å²) in [6.45, 7) is 2.53. The van der Waals surface area contributed by atoms with E-state index in [0.29, 0.717) is 0 Å². The Kier molecular flexibility index (Phi) is 5.91. The predicted molar refractivity (Wildman–Crippen MR) is 122 cm³/mol. The molecule has 0 aromatic rings. The molecule has 2 unspecified atom stereocenters. The monoisotopic (exact) mass is 382 g/mol. The van der Waals surface area contributed by atoms with Gasteiger partial charge in [0.25, 0.3) is 0 Å². The lowest BCUT2D eigenvalue weighted by Crippen LogP contribution is -2.40. The van der Waals surface area contributed by atoms with Crippen molar-refractivity contribution in [2.75, 3.05) is 6.26 Å². The molecule has 0 spiro atoms. The van der Waals surface area contributed by atoms with Crippen LogP contribution in [0.3, 0.4) is 0 Å². The van der Waals surface area contributed by atoms with E-state index in [2.05, 4.69) is 61.4 Å². The second-order valence-corrected chi connectivity index (χ2v) is 13.6. The third-order valence-corrected chi connectivity index (χ3v) is 13.3. The third-order valence-electron chi connectivity index (χ3n) is 8.11. The van der Waals surface area contributed by atoms with Crippen LogP contribution in [0.1, 0.15) is 77.6 Å². The first kappa shape index (κ1) is 19.4. The van der Waals surface area contributed by atoms with Gasteiger partial charge in [-0.1, -0.05) is 62.5 Å². The minimum absolute atomic E-state index is 0.280. The lowest BCUT2D eigenvalue weighted by molar-refractivity contribution is 0.198. The molecule has 27 heavy (non-hydrogen) atoms. The SMILES string of the molecule is CC1(S(C)(C2=C=CCC=C2)C2CCC(C3CCCCC3)CC2)C=CC=CC1. The standard InChI is InChI=1S/C26H38S/c1-26(20-10-5-11-21-26)27(2,24-14-8-4-9-15-24)25-18-16-23(17-19-25)22-12-6-3-7-13-22/h5,8-11,14,20,22-23,25H,3-4,6-7,12-13,16-19,21H2,1-2H3. The maximum Gasteiger partial charge on any atom is 0.0324 e. The topological polar surface area (TPSA) is 0 Å². The van der Waals surface area contributed by atoms with Gasteiger partial charge >= 0.3 is 0 Å². The van der Waals surface area contributed by atoms with Crippen LogP contribution in [-0.4, -0.2) is 16.3 Å². The molecule has 0 saturated heterocycles. The van der Waals surface area contributed by atoms with Gasteiger partial charge in [-0.2, -0.15) is 10.0 Å². The summed E-state index contributed by atoms with van der Waals surface area (Å²) < 4.78 is 0.280. The van der Waals surface area contributed by atoms with E-state index >= 15 is 0 Å². The van der Waals surface area contributed by atoms with Gasteiger partial charge in [0.2, 0.25) is 0 Å². The molecule has 2 atom stereocenters. The largest absolute Gasteiger partial charge is 0.198 e. The Bertz CT molecular complexity index is 675. The number of hydrogen-bond acceptors (Lipinski definition) is 0. The highest BCUT2D eigenvalue weighted by Crippen LogP contribution is 2.71. The van der Waals surface area contributed by atoms with Gasteiger partial charge in [-0.15, -0.1) is 5.73 Å². The average molecular weight is 383 g/mol. The molecule has 1 heteroatoms. The maximum absolute atomic E-state index is 3.74. The Hall–Kier alpha value is -0.910. The normalized spacial score (nSPS) is 37.6. The average Bonchev–Trinajstić information content (AvgIpc) is 2.75. The van der Waals surface area contributed by atoms with Crippen molar-refractivity contribution >= 4 is 10.0 Å². The van der Waals surface area contributed by atoms with Crippen molar-refractivity contribution in [3.63, 3.8) is 0 Å². The Morgan fingerprint density at radius 2 is 1.67 bits per heavy atom. The van der Waals surface area contributed by atoms with Crippen molar-refractivity contribution in [2.45, 2.75) is 87.5 Å². The minimum atomic E-state index is -0.949. The molecule has 4 rings (SSSR count). The second kappa shape index (κ2) is 8.22. The van der Waals surface area contributed by atoms with Crippen molar-refractivity contribution in [1.29, 1.82) is 0 Å². The molecule has 0 heterocycles. The van der Waals surface area contributed by atoms with E-state index in [1.54, 1.807) is 0 Å². The summed E-state index contributed by atoms with van der Waals surface area (Å²) in [5.41, 5.74) is 3.74. The Morgan fingerprint density at radius 1 is 0.926 bits per heavy atom. The summed E-state index contributed by atoms with van der Waals surface area (Å²) >= 11 is 0. The van der Waals surface area contributed by atoms with Gasteiger partial charge < -0.3 is 0 Å². The van der Waals surface area contributed by atoms with Crippen LogP contribution in [0.15, 0.2) is 53.2 Å². The van der Waals surface area contributed by atoms with E-state index in [4.69, 9.17) is 0 Å². The molecule has 0 aliphatic heterocycles. The van der Waals surface area contributed by atoms with Gasteiger partial charge in [-0.25, -0.2) is 0 Å². The summed E-state index contributed by atoms with van der Waals surface area (Å²) in [6, 6.07) is 0. The molecule has 0 N–H and O–H groups in total. The summed E-state index contributed by atoms with van der Waals surface area (Å²) in [7, 11) is -0.949. The third kappa shape index (κ3) is 3.70. The fraction of sp³-hybridized carbons (Fsp3) is 0.654.